The second-order valence-electron chi connectivity index (χ2n) is 6.82. The van der Waals surface area contributed by atoms with Crippen LogP contribution in [0.3, 0.4) is 0 Å². The largest absolute Gasteiger partial charge is 0.493 e. The number of amides is 1. The summed E-state index contributed by atoms with van der Waals surface area (Å²) in [4.78, 5) is 23.4. The lowest BCUT2D eigenvalue weighted by molar-refractivity contribution is -0.140. The van der Waals surface area contributed by atoms with Gasteiger partial charge in [0.1, 0.15) is 0 Å². The zero-order chi connectivity index (χ0) is 21.5. The van der Waals surface area contributed by atoms with E-state index in [4.69, 9.17) is 14.2 Å². The number of esters is 1. The molecule has 1 aromatic carbocycles. The maximum Gasteiger partial charge on any atom is 0.305 e. The van der Waals surface area contributed by atoms with Crippen LogP contribution in [0.25, 0.3) is 0 Å². The predicted molar refractivity (Wildman–Crippen MR) is 112 cm³/mol. The van der Waals surface area contributed by atoms with E-state index in [2.05, 4.69) is 10.1 Å². The lowest BCUT2D eigenvalue weighted by Crippen LogP contribution is -2.24. The molecule has 164 valence electrons. The van der Waals surface area contributed by atoms with Crippen LogP contribution in [0.1, 0.15) is 68.1 Å². The summed E-state index contributed by atoms with van der Waals surface area (Å²) in [6, 6.07) is 3.30. The molecule has 1 N–H and O–H groups in total. The smallest absolute Gasteiger partial charge is 0.305 e. The van der Waals surface area contributed by atoms with Crippen molar-refractivity contribution in [3.8, 4) is 17.2 Å². The maximum atomic E-state index is 12.4. The van der Waals surface area contributed by atoms with Crippen molar-refractivity contribution in [3.05, 3.63) is 17.7 Å². The Morgan fingerprint density at radius 2 is 1.28 bits per heavy atom. The third-order valence-electron chi connectivity index (χ3n) is 4.75. The van der Waals surface area contributed by atoms with E-state index < -0.39 is 0 Å². The summed E-state index contributed by atoms with van der Waals surface area (Å²) in [5.74, 6) is 1.11. The summed E-state index contributed by atoms with van der Waals surface area (Å²) in [5, 5.41) is 2.94. The van der Waals surface area contributed by atoms with Gasteiger partial charge in [0.15, 0.2) is 11.5 Å². The zero-order valence-corrected chi connectivity index (χ0v) is 18.2. The van der Waals surface area contributed by atoms with Crippen LogP contribution in [0.15, 0.2) is 12.1 Å². The molecule has 0 aliphatic carbocycles. The molecule has 0 aromatic heterocycles. The molecule has 7 nitrogen and oxygen atoms in total. The highest BCUT2D eigenvalue weighted by Crippen LogP contribution is 2.38. The number of nitrogens with one attached hydrogen (secondary N) is 1. The van der Waals surface area contributed by atoms with Gasteiger partial charge in [-0.3, -0.25) is 9.59 Å². The fourth-order valence-corrected chi connectivity index (χ4v) is 3.07. The van der Waals surface area contributed by atoms with E-state index in [-0.39, 0.29) is 11.9 Å². The number of ether oxygens (including phenoxy) is 4. The number of carbonyl (C=O) groups is 2. The van der Waals surface area contributed by atoms with E-state index in [1.54, 1.807) is 12.1 Å². The summed E-state index contributed by atoms with van der Waals surface area (Å²) in [7, 11) is 6.01. The molecule has 0 fully saturated rings. The molecule has 0 spiro atoms. The molecule has 1 aromatic rings. The maximum absolute atomic E-state index is 12.4. The zero-order valence-electron chi connectivity index (χ0n) is 18.2. The minimum absolute atomic E-state index is 0.126. The Labute approximate surface area is 174 Å². The van der Waals surface area contributed by atoms with Crippen LogP contribution in [-0.2, 0) is 9.53 Å². The minimum atomic E-state index is -0.158. The molecule has 1 rings (SSSR count). The number of carbonyl (C=O) groups excluding carboxylic acids is 2. The first-order chi connectivity index (χ1) is 14.1. The Hall–Kier alpha value is -2.44. The van der Waals surface area contributed by atoms with Gasteiger partial charge in [0.25, 0.3) is 5.91 Å². The van der Waals surface area contributed by atoms with Crippen molar-refractivity contribution in [1.82, 2.24) is 5.32 Å². The van der Waals surface area contributed by atoms with Crippen molar-refractivity contribution in [2.24, 2.45) is 0 Å². The number of benzene rings is 1. The standard InChI is InChI=1S/C22H35NO6/c1-26-18-15-17(16-19(27-2)21(18)29-4)22(25)23-14-12-10-8-6-5-7-9-11-13-20(24)28-3/h15-16H,5-14H2,1-4H3,(H,23,25). The highest BCUT2D eigenvalue weighted by Gasteiger charge is 2.16. The van der Waals surface area contributed by atoms with Crippen molar-refractivity contribution in [2.45, 2.75) is 57.8 Å². The molecule has 0 saturated carbocycles. The SMILES string of the molecule is COC(=O)CCCCCCCCCCNC(=O)c1cc(OC)c(OC)c(OC)c1. The summed E-state index contributed by atoms with van der Waals surface area (Å²) < 4.78 is 20.5. The molecule has 0 aliphatic rings. The molecule has 0 radical (unpaired) electrons. The van der Waals surface area contributed by atoms with E-state index in [0.29, 0.717) is 35.8 Å². The average Bonchev–Trinajstić information content (AvgIpc) is 2.75. The topological polar surface area (TPSA) is 83.1 Å². The summed E-state index contributed by atoms with van der Waals surface area (Å²) >= 11 is 0. The molecular weight excluding hydrogens is 374 g/mol. The Morgan fingerprint density at radius 1 is 0.759 bits per heavy atom. The number of unbranched alkanes of at least 4 members (excludes halogenated alkanes) is 7. The minimum Gasteiger partial charge on any atom is -0.493 e. The van der Waals surface area contributed by atoms with Crippen molar-refractivity contribution >= 4 is 11.9 Å². The Bertz CT molecular complexity index is 607. The van der Waals surface area contributed by atoms with Gasteiger partial charge in [-0.15, -0.1) is 0 Å². The van der Waals surface area contributed by atoms with E-state index in [1.165, 1.54) is 41.3 Å². The molecule has 0 atom stereocenters. The van der Waals surface area contributed by atoms with E-state index in [1.807, 2.05) is 0 Å². The van der Waals surface area contributed by atoms with Crippen LogP contribution in [0, 0.1) is 0 Å². The van der Waals surface area contributed by atoms with Crippen molar-refractivity contribution in [1.29, 1.82) is 0 Å². The Morgan fingerprint density at radius 3 is 1.76 bits per heavy atom. The van der Waals surface area contributed by atoms with Gasteiger partial charge in [-0.25, -0.2) is 0 Å². The Balaban J connectivity index is 2.21. The third-order valence-corrected chi connectivity index (χ3v) is 4.75. The van der Waals surface area contributed by atoms with Crippen LogP contribution in [0.5, 0.6) is 17.2 Å². The van der Waals surface area contributed by atoms with Crippen molar-refractivity contribution in [2.75, 3.05) is 35.0 Å². The number of hydrogen-bond acceptors (Lipinski definition) is 6. The average molecular weight is 410 g/mol. The van der Waals surface area contributed by atoms with E-state index >= 15 is 0 Å². The quantitative estimate of drug-likeness (QED) is 0.346. The first-order valence-corrected chi connectivity index (χ1v) is 10.2. The highest BCUT2D eigenvalue weighted by atomic mass is 16.5. The van der Waals surface area contributed by atoms with Gasteiger partial charge in [0.2, 0.25) is 5.75 Å². The van der Waals surface area contributed by atoms with Gasteiger partial charge in [0, 0.05) is 18.5 Å². The molecule has 0 aliphatic heterocycles. The lowest BCUT2D eigenvalue weighted by atomic mass is 10.1. The Kier molecular flexibility index (Phi) is 12.3. The van der Waals surface area contributed by atoms with Crippen LogP contribution >= 0.6 is 0 Å². The third kappa shape index (κ3) is 9.07. The summed E-state index contributed by atoms with van der Waals surface area (Å²) in [6.45, 7) is 0.634. The van der Waals surface area contributed by atoms with E-state index in [0.717, 1.165) is 38.5 Å². The molecule has 29 heavy (non-hydrogen) atoms. The number of rotatable bonds is 15. The van der Waals surface area contributed by atoms with Crippen LogP contribution in [-0.4, -0.2) is 46.9 Å². The molecule has 0 bridgehead atoms. The molecule has 0 unspecified atom stereocenters. The first-order valence-electron chi connectivity index (χ1n) is 10.2. The van der Waals surface area contributed by atoms with Gasteiger partial charge < -0.3 is 24.3 Å². The van der Waals surface area contributed by atoms with Gasteiger partial charge in [0.05, 0.1) is 28.4 Å². The van der Waals surface area contributed by atoms with Crippen LogP contribution < -0.4 is 19.5 Å². The second kappa shape index (κ2) is 14.5. The van der Waals surface area contributed by atoms with Gasteiger partial charge in [-0.2, -0.15) is 0 Å². The van der Waals surface area contributed by atoms with Crippen molar-refractivity contribution in [3.63, 3.8) is 0 Å². The normalized spacial score (nSPS) is 10.3. The monoisotopic (exact) mass is 409 g/mol. The molecule has 1 amide bonds. The van der Waals surface area contributed by atoms with Crippen LogP contribution in [0.2, 0.25) is 0 Å². The van der Waals surface area contributed by atoms with Crippen molar-refractivity contribution < 1.29 is 28.5 Å². The molecule has 7 heteroatoms. The molecular formula is C22H35NO6. The van der Waals surface area contributed by atoms with E-state index in [9.17, 15) is 9.59 Å². The second-order valence-corrected chi connectivity index (χ2v) is 6.82. The molecule has 0 heterocycles. The fourth-order valence-electron chi connectivity index (χ4n) is 3.07. The summed E-state index contributed by atoms with van der Waals surface area (Å²) in [6.07, 6.45) is 9.17. The number of hydrogen-bond donors (Lipinski definition) is 1. The first kappa shape index (κ1) is 24.6. The van der Waals surface area contributed by atoms with Crippen LogP contribution in [0.4, 0.5) is 0 Å². The van der Waals surface area contributed by atoms with Gasteiger partial charge in [-0.05, 0) is 25.0 Å². The van der Waals surface area contributed by atoms with Gasteiger partial charge >= 0.3 is 5.97 Å². The lowest BCUT2D eigenvalue weighted by Gasteiger charge is -2.14. The van der Waals surface area contributed by atoms with Gasteiger partial charge in [-0.1, -0.05) is 38.5 Å². The number of methoxy groups -OCH3 is 4. The highest BCUT2D eigenvalue weighted by molar-refractivity contribution is 5.95. The predicted octanol–water partition coefficient (Wildman–Crippen LogP) is 4.13. The fraction of sp³-hybridized carbons (Fsp3) is 0.636. The summed E-state index contributed by atoms with van der Waals surface area (Å²) in [5.41, 5.74) is 0.478. The molecule has 0 saturated heterocycles.